The molecule has 0 rings (SSSR count). The van der Waals surface area contributed by atoms with Crippen molar-refractivity contribution in [1.29, 1.82) is 0 Å². The first-order valence-corrected chi connectivity index (χ1v) is 12.4. The first-order chi connectivity index (χ1) is 16.0. The molecule has 0 saturated heterocycles. The maximum Gasteiger partial charge on any atom is 0.245 e. The molecule has 0 bridgehead atoms. The minimum Gasteiger partial charge on any atom is -0.368 e. The highest BCUT2D eigenvalue weighted by Gasteiger charge is 2.36. The molecule has 0 unspecified atom stereocenters. The smallest absolute Gasteiger partial charge is 0.245 e. The van der Waals surface area contributed by atoms with Crippen LogP contribution in [0.25, 0.3) is 0 Å². The van der Waals surface area contributed by atoms with Crippen LogP contribution in [0.3, 0.4) is 0 Å². The minimum absolute atomic E-state index is 0.0946. The third-order valence-electron chi connectivity index (χ3n) is 6.03. The summed E-state index contributed by atoms with van der Waals surface area (Å²) in [4.78, 5) is 67.4. The fraction of sp³-hybridized carbons (Fsp3) is 0.800. The van der Waals surface area contributed by atoms with E-state index in [2.05, 4.69) is 5.32 Å². The van der Waals surface area contributed by atoms with Gasteiger partial charge in [-0.1, -0.05) is 48.5 Å². The number of hydrogen-bond donors (Lipinski definition) is 2. The summed E-state index contributed by atoms with van der Waals surface area (Å²) < 4.78 is 0. The highest BCUT2D eigenvalue weighted by Crippen LogP contribution is 2.16. The maximum absolute atomic E-state index is 13.4. The summed E-state index contributed by atoms with van der Waals surface area (Å²) in [5, 5.41) is 2.82. The van der Waals surface area contributed by atoms with Crippen molar-refractivity contribution in [2.24, 2.45) is 23.5 Å². The number of carbonyl (C=O) groups is 5. The van der Waals surface area contributed by atoms with Crippen LogP contribution in [0.5, 0.6) is 0 Å². The number of carbonyl (C=O) groups excluding carboxylic acids is 5. The molecule has 0 aliphatic heterocycles. The molecule has 0 saturated carbocycles. The van der Waals surface area contributed by atoms with Gasteiger partial charge >= 0.3 is 0 Å². The van der Waals surface area contributed by atoms with Crippen molar-refractivity contribution in [3.8, 4) is 0 Å². The van der Waals surface area contributed by atoms with Gasteiger partial charge in [-0.05, 0) is 30.6 Å². The zero-order valence-corrected chi connectivity index (χ0v) is 23.3. The molecule has 5 amide bonds. The predicted molar refractivity (Wildman–Crippen MR) is 136 cm³/mol. The van der Waals surface area contributed by atoms with Crippen molar-refractivity contribution >= 4 is 29.5 Å². The van der Waals surface area contributed by atoms with E-state index >= 15 is 0 Å². The number of rotatable bonds is 14. The Balaban J connectivity index is 5.78. The van der Waals surface area contributed by atoms with Gasteiger partial charge in [0.2, 0.25) is 29.5 Å². The molecular formula is C25H47N5O5. The first kappa shape index (κ1) is 32.4. The van der Waals surface area contributed by atoms with E-state index in [1.54, 1.807) is 27.8 Å². The van der Waals surface area contributed by atoms with Gasteiger partial charge in [0.05, 0.1) is 6.54 Å². The Morgan fingerprint density at radius 3 is 1.66 bits per heavy atom. The Morgan fingerprint density at radius 2 is 1.26 bits per heavy atom. The normalized spacial score (nSPS) is 13.9. The highest BCUT2D eigenvalue weighted by atomic mass is 16.2. The number of likely N-dealkylation sites (N-methyl/N-ethyl adjacent to an activating group) is 3. The Hall–Kier alpha value is -2.65. The van der Waals surface area contributed by atoms with E-state index in [0.717, 1.165) is 0 Å². The van der Waals surface area contributed by atoms with Crippen LogP contribution in [0, 0.1) is 17.8 Å². The molecule has 202 valence electrons. The van der Waals surface area contributed by atoms with E-state index in [0.29, 0.717) is 12.8 Å². The molecule has 10 heteroatoms. The van der Waals surface area contributed by atoms with Crippen LogP contribution in [0.2, 0.25) is 0 Å². The van der Waals surface area contributed by atoms with E-state index in [9.17, 15) is 24.0 Å². The lowest BCUT2D eigenvalue weighted by Gasteiger charge is -2.34. The van der Waals surface area contributed by atoms with Crippen LogP contribution >= 0.6 is 0 Å². The SMILES string of the molecule is CCC(=O)N(C)CC(=O)N(C)[C@@H](CC(C)C)C(=O)N[C@H](C(=O)N(C)[C@@H](CC(C)C)C(N)=O)C(C)C. The van der Waals surface area contributed by atoms with Gasteiger partial charge < -0.3 is 25.8 Å². The molecule has 0 radical (unpaired) electrons. The lowest BCUT2D eigenvalue weighted by atomic mass is 9.97. The molecule has 0 aliphatic rings. The fourth-order valence-electron chi connectivity index (χ4n) is 3.78. The molecule has 3 atom stereocenters. The van der Waals surface area contributed by atoms with Gasteiger partial charge in [-0.3, -0.25) is 24.0 Å². The topological polar surface area (TPSA) is 133 Å². The zero-order chi connectivity index (χ0) is 27.6. The van der Waals surface area contributed by atoms with Gasteiger partial charge in [-0.25, -0.2) is 0 Å². The van der Waals surface area contributed by atoms with Crippen LogP contribution < -0.4 is 11.1 Å². The minimum atomic E-state index is -0.899. The second-order valence-corrected chi connectivity index (χ2v) is 10.5. The van der Waals surface area contributed by atoms with Gasteiger partial charge in [0, 0.05) is 27.6 Å². The average molecular weight is 498 g/mol. The number of amides is 5. The summed E-state index contributed by atoms with van der Waals surface area (Å²) in [7, 11) is 4.59. The molecule has 3 N–H and O–H groups in total. The molecule has 0 fully saturated rings. The second kappa shape index (κ2) is 14.7. The fourth-order valence-corrected chi connectivity index (χ4v) is 3.78. The van der Waals surface area contributed by atoms with Gasteiger partial charge in [-0.15, -0.1) is 0 Å². The van der Waals surface area contributed by atoms with Crippen molar-refractivity contribution < 1.29 is 24.0 Å². The summed E-state index contributed by atoms with van der Waals surface area (Å²) in [6.07, 6.45) is 1.07. The molecule has 0 aliphatic carbocycles. The third-order valence-corrected chi connectivity index (χ3v) is 6.03. The quantitative estimate of drug-likeness (QED) is 0.372. The summed E-state index contributed by atoms with van der Waals surface area (Å²) >= 11 is 0. The van der Waals surface area contributed by atoms with Gasteiger partial charge in [-0.2, -0.15) is 0 Å². The van der Waals surface area contributed by atoms with Crippen LogP contribution in [0.1, 0.15) is 67.7 Å². The average Bonchev–Trinajstić information content (AvgIpc) is 2.76. The van der Waals surface area contributed by atoms with E-state index in [1.807, 2.05) is 27.7 Å². The molecule has 0 aromatic heterocycles. The Kier molecular flexibility index (Phi) is 13.6. The summed E-state index contributed by atoms with van der Waals surface area (Å²) in [6, 6.07) is -2.51. The molecule has 0 heterocycles. The van der Waals surface area contributed by atoms with Crippen molar-refractivity contribution in [2.75, 3.05) is 27.7 Å². The molecule has 0 spiro atoms. The number of hydrogen-bond acceptors (Lipinski definition) is 5. The Morgan fingerprint density at radius 1 is 0.771 bits per heavy atom. The van der Waals surface area contributed by atoms with Crippen molar-refractivity contribution in [3.05, 3.63) is 0 Å². The van der Waals surface area contributed by atoms with Gasteiger partial charge in [0.15, 0.2) is 0 Å². The van der Waals surface area contributed by atoms with Crippen molar-refractivity contribution in [2.45, 2.75) is 85.9 Å². The standard InChI is InChI=1S/C25H47N5O5/c1-11-20(31)28(8)14-21(32)29(9)19(13-16(4)5)24(34)27-22(17(6)7)25(35)30(10)18(23(26)33)12-15(2)3/h15-19,22H,11-14H2,1-10H3,(H2,26,33)(H,27,34)/t18-,19-,22-/m0/s1. The molecular weight excluding hydrogens is 450 g/mol. The lowest BCUT2D eigenvalue weighted by molar-refractivity contribution is -0.146. The summed E-state index contributed by atoms with van der Waals surface area (Å²) in [6.45, 7) is 12.9. The number of nitrogens with two attached hydrogens (primary N) is 1. The molecule has 0 aromatic carbocycles. The molecule has 10 nitrogen and oxygen atoms in total. The molecule has 0 aromatic rings. The largest absolute Gasteiger partial charge is 0.368 e. The number of primary amides is 1. The van der Waals surface area contributed by atoms with E-state index in [4.69, 9.17) is 5.73 Å². The van der Waals surface area contributed by atoms with Gasteiger partial charge in [0.25, 0.3) is 0 Å². The maximum atomic E-state index is 13.4. The summed E-state index contributed by atoms with van der Waals surface area (Å²) in [5.41, 5.74) is 5.56. The third kappa shape index (κ3) is 10.2. The van der Waals surface area contributed by atoms with E-state index < -0.39 is 35.8 Å². The summed E-state index contributed by atoms with van der Waals surface area (Å²) in [5.74, 6) is -2.05. The second-order valence-electron chi connectivity index (χ2n) is 10.5. The van der Waals surface area contributed by atoms with E-state index in [1.165, 1.54) is 28.8 Å². The predicted octanol–water partition coefficient (Wildman–Crippen LogP) is 1.23. The van der Waals surface area contributed by atoms with Gasteiger partial charge in [0.1, 0.15) is 18.1 Å². The number of nitrogens with zero attached hydrogens (tertiary/aromatic N) is 3. The Bertz CT molecular complexity index is 753. The molecule has 35 heavy (non-hydrogen) atoms. The monoisotopic (exact) mass is 497 g/mol. The lowest BCUT2D eigenvalue weighted by Crippen LogP contribution is -2.59. The first-order valence-electron chi connectivity index (χ1n) is 12.4. The zero-order valence-electron chi connectivity index (χ0n) is 23.3. The van der Waals surface area contributed by atoms with Crippen LogP contribution in [0.15, 0.2) is 0 Å². The van der Waals surface area contributed by atoms with Crippen LogP contribution in [0.4, 0.5) is 0 Å². The highest BCUT2D eigenvalue weighted by molar-refractivity contribution is 5.94. The van der Waals surface area contributed by atoms with E-state index in [-0.39, 0.29) is 42.5 Å². The van der Waals surface area contributed by atoms with Crippen molar-refractivity contribution in [1.82, 2.24) is 20.0 Å². The van der Waals surface area contributed by atoms with Crippen LogP contribution in [-0.4, -0.2) is 90.0 Å². The number of nitrogens with one attached hydrogen (secondary N) is 1. The van der Waals surface area contributed by atoms with Crippen molar-refractivity contribution in [3.63, 3.8) is 0 Å². The van der Waals surface area contributed by atoms with Crippen LogP contribution in [-0.2, 0) is 24.0 Å². The Labute approximate surface area is 210 Å².